The summed E-state index contributed by atoms with van der Waals surface area (Å²) in [7, 11) is 0. The van der Waals surface area contributed by atoms with Crippen LogP contribution in [0.25, 0.3) is 10.6 Å². The van der Waals surface area contributed by atoms with Crippen molar-refractivity contribution in [1.29, 1.82) is 0 Å². The van der Waals surface area contributed by atoms with Crippen LogP contribution in [0.5, 0.6) is 0 Å². The molecule has 0 aromatic carbocycles. The molecule has 0 amide bonds. The fraction of sp³-hybridized carbons (Fsp3) is 0.333. The van der Waals surface area contributed by atoms with Gasteiger partial charge in [0.15, 0.2) is 0 Å². The molecule has 1 N–H and O–H groups in total. The van der Waals surface area contributed by atoms with Gasteiger partial charge in [-0.1, -0.05) is 6.92 Å². The molecule has 4 heteroatoms. The van der Waals surface area contributed by atoms with Gasteiger partial charge >= 0.3 is 0 Å². The van der Waals surface area contributed by atoms with Gasteiger partial charge in [-0.25, -0.2) is 9.97 Å². The Morgan fingerprint density at radius 2 is 2.25 bits per heavy atom. The number of nitrogens with zero attached hydrogens (tertiary/aromatic N) is 2. The van der Waals surface area contributed by atoms with Crippen molar-refractivity contribution >= 4 is 17.2 Å². The Kier molecular flexibility index (Phi) is 3.51. The van der Waals surface area contributed by atoms with E-state index in [1.165, 1.54) is 10.4 Å². The number of anilines is 1. The second-order valence-electron chi connectivity index (χ2n) is 3.65. The highest BCUT2D eigenvalue weighted by atomic mass is 32.1. The maximum atomic E-state index is 4.31. The molecule has 0 saturated heterocycles. The summed E-state index contributed by atoms with van der Waals surface area (Å²) < 4.78 is 0. The number of hydrogen-bond acceptors (Lipinski definition) is 4. The summed E-state index contributed by atoms with van der Waals surface area (Å²) in [5, 5.41) is 5.36. The summed E-state index contributed by atoms with van der Waals surface area (Å²) in [6.45, 7) is 5.19. The van der Waals surface area contributed by atoms with E-state index < -0.39 is 0 Å². The lowest BCUT2D eigenvalue weighted by molar-refractivity contribution is 0.965. The van der Waals surface area contributed by atoms with Gasteiger partial charge in [0.05, 0.1) is 10.6 Å². The first kappa shape index (κ1) is 11.1. The van der Waals surface area contributed by atoms with Gasteiger partial charge < -0.3 is 5.32 Å². The molecule has 0 bridgehead atoms. The van der Waals surface area contributed by atoms with E-state index in [0.29, 0.717) is 0 Å². The van der Waals surface area contributed by atoms with Gasteiger partial charge in [-0.15, -0.1) is 11.3 Å². The molecule has 0 aliphatic carbocycles. The third-order valence-electron chi connectivity index (χ3n) is 2.32. The van der Waals surface area contributed by atoms with Crippen LogP contribution in [0.2, 0.25) is 0 Å². The van der Waals surface area contributed by atoms with Crippen molar-refractivity contribution in [2.24, 2.45) is 0 Å². The second-order valence-corrected chi connectivity index (χ2v) is 4.56. The molecule has 84 valence electrons. The molecule has 0 aliphatic rings. The van der Waals surface area contributed by atoms with Crippen LogP contribution in [0.15, 0.2) is 23.8 Å². The van der Waals surface area contributed by atoms with E-state index >= 15 is 0 Å². The van der Waals surface area contributed by atoms with Gasteiger partial charge in [-0.3, -0.25) is 0 Å². The number of aromatic nitrogens is 2. The molecule has 2 aromatic rings. The normalized spacial score (nSPS) is 10.4. The second kappa shape index (κ2) is 5.07. The van der Waals surface area contributed by atoms with Crippen molar-refractivity contribution in [3.05, 3.63) is 29.4 Å². The van der Waals surface area contributed by atoms with E-state index in [1.54, 1.807) is 17.7 Å². The molecule has 2 heterocycles. The molecule has 0 radical (unpaired) electrons. The van der Waals surface area contributed by atoms with Crippen LogP contribution in [0, 0.1) is 6.92 Å². The lowest BCUT2D eigenvalue weighted by Crippen LogP contribution is -2.02. The van der Waals surface area contributed by atoms with E-state index in [0.717, 1.165) is 24.5 Å². The van der Waals surface area contributed by atoms with Gasteiger partial charge in [0.1, 0.15) is 12.1 Å². The predicted octanol–water partition coefficient (Wildman–Crippen LogP) is 3.34. The molecule has 0 unspecified atom stereocenters. The van der Waals surface area contributed by atoms with E-state index in [9.17, 15) is 0 Å². The Balaban J connectivity index is 2.26. The summed E-state index contributed by atoms with van der Waals surface area (Å²) in [4.78, 5) is 9.73. The zero-order valence-corrected chi connectivity index (χ0v) is 10.3. The average Bonchev–Trinajstić information content (AvgIpc) is 2.73. The van der Waals surface area contributed by atoms with Crippen molar-refractivity contribution in [3.63, 3.8) is 0 Å². The Labute approximate surface area is 99.6 Å². The minimum absolute atomic E-state index is 0.902. The summed E-state index contributed by atoms with van der Waals surface area (Å²) in [5.74, 6) is 0.902. The Bertz CT molecular complexity index is 465. The highest BCUT2D eigenvalue weighted by Crippen LogP contribution is 2.27. The lowest BCUT2D eigenvalue weighted by Gasteiger charge is -2.05. The van der Waals surface area contributed by atoms with E-state index in [1.807, 2.05) is 6.07 Å². The molecule has 2 aromatic heterocycles. The van der Waals surface area contributed by atoms with Crippen molar-refractivity contribution in [2.45, 2.75) is 20.3 Å². The molecule has 16 heavy (non-hydrogen) atoms. The molecular formula is C12H15N3S. The molecule has 0 fully saturated rings. The summed E-state index contributed by atoms with van der Waals surface area (Å²) >= 11 is 1.72. The SMILES string of the molecule is CCCNc1cc(-c2sccc2C)ncn1. The van der Waals surface area contributed by atoms with Crippen molar-refractivity contribution in [1.82, 2.24) is 9.97 Å². The van der Waals surface area contributed by atoms with Crippen LogP contribution in [-0.2, 0) is 0 Å². The number of nitrogens with one attached hydrogen (secondary N) is 1. The highest BCUT2D eigenvalue weighted by Gasteiger charge is 2.05. The first-order chi connectivity index (χ1) is 7.81. The molecule has 0 saturated carbocycles. The largest absolute Gasteiger partial charge is 0.370 e. The quantitative estimate of drug-likeness (QED) is 0.880. The smallest absolute Gasteiger partial charge is 0.129 e. The number of hydrogen-bond donors (Lipinski definition) is 1. The molecule has 3 nitrogen and oxygen atoms in total. The fourth-order valence-electron chi connectivity index (χ4n) is 1.47. The van der Waals surface area contributed by atoms with Crippen LogP contribution in [0.4, 0.5) is 5.82 Å². The van der Waals surface area contributed by atoms with E-state index in [4.69, 9.17) is 0 Å². The van der Waals surface area contributed by atoms with Crippen molar-refractivity contribution < 1.29 is 0 Å². The minimum atomic E-state index is 0.902. The molecule has 0 aliphatic heterocycles. The van der Waals surface area contributed by atoms with Gasteiger partial charge in [0.2, 0.25) is 0 Å². The zero-order chi connectivity index (χ0) is 11.4. The third-order valence-corrected chi connectivity index (χ3v) is 3.36. The summed E-state index contributed by atoms with van der Waals surface area (Å²) in [6, 6.07) is 4.12. The highest BCUT2D eigenvalue weighted by molar-refractivity contribution is 7.13. The maximum Gasteiger partial charge on any atom is 0.129 e. The van der Waals surface area contributed by atoms with Gasteiger partial charge in [0.25, 0.3) is 0 Å². The van der Waals surface area contributed by atoms with Gasteiger partial charge in [-0.2, -0.15) is 0 Å². The summed E-state index contributed by atoms with van der Waals surface area (Å²) in [6.07, 6.45) is 2.71. The van der Waals surface area contributed by atoms with Crippen LogP contribution < -0.4 is 5.32 Å². The first-order valence-corrected chi connectivity index (χ1v) is 6.29. The minimum Gasteiger partial charge on any atom is -0.370 e. The Hall–Kier alpha value is -1.42. The van der Waals surface area contributed by atoms with Crippen LogP contribution >= 0.6 is 11.3 Å². The van der Waals surface area contributed by atoms with Crippen molar-refractivity contribution in [2.75, 3.05) is 11.9 Å². The predicted molar refractivity (Wildman–Crippen MR) is 68.9 cm³/mol. The first-order valence-electron chi connectivity index (χ1n) is 5.41. The molecule has 2 rings (SSSR count). The lowest BCUT2D eigenvalue weighted by atomic mass is 10.2. The number of thiophene rings is 1. The van der Waals surface area contributed by atoms with Crippen LogP contribution in [-0.4, -0.2) is 16.5 Å². The maximum absolute atomic E-state index is 4.31. The Morgan fingerprint density at radius 1 is 1.38 bits per heavy atom. The molecule has 0 spiro atoms. The summed E-state index contributed by atoms with van der Waals surface area (Å²) in [5.41, 5.74) is 2.27. The molecule has 0 atom stereocenters. The number of rotatable bonds is 4. The monoisotopic (exact) mass is 233 g/mol. The fourth-order valence-corrected chi connectivity index (χ4v) is 2.36. The van der Waals surface area contributed by atoms with Gasteiger partial charge in [-0.05, 0) is 30.4 Å². The average molecular weight is 233 g/mol. The van der Waals surface area contributed by atoms with Crippen LogP contribution in [0.1, 0.15) is 18.9 Å². The van der Waals surface area contributed by atoms with Crippen LogP contribution in [0.3, 0.4) is 0 Å². The third kappa shape index (κ3) is 2.39. The zero-order valence-electron chi connectivity index (χ0n) is 9.53. The van der Waals surface area contributed by atoms with Crippen molar-refractivity contribution in [3.8, 4) is 10.6 Å². The topological polar surface area (TPSA) is 37.8 Å². The Morgan fingerprint density at radius 3 is 2.94 bits per heavy atom. The van der Waals surface area contributed by atoms with Gasteiger partial charge in [0, 0.05) is 12.6 Å². The molecular weight excluding hydrogens is 218 g/mol. The van der Waals surface area contributed by atoms with E-state index in [-0.39, 0.29) is 0 Å². The standard InChI is InChI=1S/C12H15N3S/c1-3-5-13-11-7-10(14-8-15-11)12-9(2)4-6-16-12/h4,6-8H,3,5H2,1-2H3,(H,13,14,15). The van der Waals surface area contributed by atoms with E-state index in [2.05, 4.69) is 40.6 Å². The number of aryl methyl sites for hydroxylation is 1.